The van der Waals surface area contributed by atoms with E-state index in [2.05, 4.69) is 137 Å². The molecule has 42 heavy (non-hydrogen) atoms. The van der Waals surface area contributed by atoms with Crippen LogP contribution in [0.15, 0.2) is 162 Å². The first-order valence-electron chi connectivity index (χ1n) is 14.1. The lowest BCUT2D eigenvalue weighted by atomic mass is 10.00. The minimum atomic E-state index is 0.831. The van der Waals surface area contributed by atoms with Crippen LogP contribution in [-0.2, 0) is 0 Å². The normalized spacial score (nSPS) is 11.3. The Bertz CT molecular complexity index is 2180. The van der Waals surface area contributed by atoms with Gasteiger partial charge in [0.1, 0.15) is 11.2 Å². The van der Waals surface area contributed by atoms with Gasteiger partial charge >= 0.3 is 0 Å². The summed E-state index contributed by atoms with van der Waals surface area (Å²) in [5, 5.41) is 4.44. The quantitative estimate of drug-likeness (QED) is 0.218. The Kier molecular flexibility index (Phi) is 5.79. The van der Waals surface area contributed by atoms with Crippen molar-refractivity contribution in [3.05, 3.63) is 158 Å². The van der Waals surface area contributed by atoms with E-state index in [1.54, 1.807) is 6.20 Å². The summed E-state index contributed by atoms with van der Waals surface area (Å²) in [5.41, 5.74) is 9.65. The smallest absolute Gasteiger partial charge is 0.138 e. The molecule has 0 saturated heterocycles. The number of rotatable bonds is 5. The maximum absolute atomic E-state index is 6.26. The molecule has 2 aromatic heterocycles. The highest BCUT2D eigenvalue weighted by molar-refractivity contribution is 6.13. The molecule has 8 aromatic rings. The summed E-state index contributed by atoms with van der Waals surface area (Å²) in [5.74, 6) is 0. The fraction of sp³-hybridized carbons (Fsp3) is 0. The van der Waals surface area contributed by atoms with E-state index in [0.29, 0.717) is 0 Å². The third-order valence-electron chi connectivity index (χ3n) is 7.94. The van der Waals surface area contributed by atoms with Crippen molar-refractivity contribution < 1.29 is 4.42 Å². The highest BCUT2D eigenvalue weighted by Gasteiger charge is 2.20. The molecule has 6 aromatic carbocycles. The molecule has 0 unspecified atom stereocenters. The predicted molar refractivity (Wildman–Crippen MR) is 175 cm³/mol. The van der Waals surface area contributed by atoms with Gasteiger partial charge in [-0.05, 0) is 81.6 Å². The zero-order chi connectivity index (χ0) is 27.9. The van der Waals surface area contributed by atoms with Crippen LogP contribution in [0.2, 0.25) is 0 Å². The van der Waals surface area contributed by atoms with Gasteiger partial charge in [-0.2, -0.15) is 0 Å². The number of anilines is 3. The number of benzene rings is 6. The summed E-state index contributed by atoms with van der Waals surface area (Å²) in [7, 11) is 0. The number of hydrogen-bond donors (Lipinski definition) is 0. The van der Waals surface area contributed by atoms with Crippen LogP contribution < -0.4 is 4.90 Å². The van der Waals surface area contributed by atoms with Crippen LogP contribution in [0.4, 0.5) is 17.1 Å². The molecule has 0 amide bonds. The molecule has 0 radical (unpaired) electrons. The molecule has 0 aliphatic carbocycles. The van der Waals surface area contributed by atoms with Crippen LogP contribution in [0.3, 0.4) is 0 Å². The Balaban J connectivity index is 1.34. The molecule has 0 bridgehead atoms. The van der Waals surface area contributed by atoms with Crippen LogP contribution >= 0.6 is 0 Å². The summed E-state index contributed by atoms with van der Waals surface area (Å²) >= 11 is 0. The average molecular weight is 539 g/mol. The van der Waals surface area contributed by atoms with E-state index in [0.717, 1.165) is 39.0 Å². The Labute approximate surface area is 243 Å². The largest absolute Gasteiger partial charge is 0.456 e. The highest BCUT2D eigenvalue weighted by atomic mass is 16.3. The summed E-state index contributed by atoms with van der Waals surface area (Å²) < 4.78 is 6.26. The van der Waals surface area contributed by atoms with Crippen molar-refractivity contribution in [1.82, 2.24) is 4.98 Å². The first-order valence-corrected chi connectivity index (χ1v) is 14.1. The second-order valence-electron chi connectivity index (χ2n) is 10.5. The van der Waals surface area contributed by atoms with E-state index in [9.17, 15) is 0 Å². The molecule has 0 saturated carbocycles. The van der Waals surface area contributed by atoms with E-state index < -0.39 is 0 Å². The lowest BCUT2D eigenvalue weighted by molar-refractivity contribution is 0.668. The van der Waals surface area contributed by atoms with Gasteiger partial charge in [-0.25, -0.2) is 0 Å². The molecule has 3 heteroatoms. The topological polar surface area (TPSA) is 29.3 Å². The maximum Gasteiger partial charge on any atom is 0.138 e. The molecule has 0 fully saturated rings. The molecule has 3 nitrogen and oxygen atoms in total. The molecule has 0 spiro atoms. The van der Waals surface area contributed by atoms with Gasteiger partial charge < -0.3 is 9.32 Å². The third kappa shape index (κ3) is 4.20. The van der Waals surface area contributed by atoms with Gasteiger partial charge in [-0.1, -0.05) is 97.1 Å². The van der Waals surface area contributed by atoms with E-state index in [4.69, 9.17) is 4.42 Å². The van der Waals surface area contributed by atoms with Crippen molar-refractivity contribution >= 4 is 49.8 Å². The van der Waals surface area contributed by atoms with Crippen molar-refractivity contribution in [3.63, 3.8) is 0 Å². The highest BCUT2D eigenvalue weighted by Crippen LogP contribution is 2.43. The first kappa shape index (κ1) is 24.2. The summed E-state index contributed by atoms with van der Waals surface area (Å²) in [6.45, 7) is 0. The zero-order valence-corrected chi connectivity index (χ0v) is 22.8. The number of furan rings is 1. The van der Waals surface area contributed by atoms with Crippen molar-refractivity contribution in [1.29, 1.82) is 0 Å². The van der Waals surface area contributed by atoms with Gasteiger partial charge in [0.25, 0.3) is 0 Å². The molecule has 8 rings (SSSR count). The second-order valence-corrected chi connectivity index (χ2v) is 10.5. The van der Waals surface area contributed by atoms with Gasteiger partial charge in [-0.3, -0.25) is 4.98 Å². The maximum atomic E-state index is 6.26. The van der Waals surface area contributed by atoms with Crippen molar-refractivity contribution in [2.24, 2.45) is 0 Å². The average Bonchev–Trinajstić information content (AvgIpc) is 3.45. The minimum Gasteiger partial charge on any atom is -0.456 e. The first-order chi connectivity index (χ1) is 20.8. The zero-order valence-electron chi connectivity index (χ0n) is 22.8. The van der Waals surface area contributed by atoms with Gasteiger partial charge in [0.2, 0.25) is 0 Å². The number of fused-ring (bicyclic) bond motifs is 4. The monoisotopic (exact) mass is 538 g/mol. The third-order valence-corrected chi connectivity index (χ3v) is 7.94. The van der Waals surface area contributed by atoms with Crippen molar-refractivity contribution in [2.75, 3.05) is 4.90 Å². The molecule has 0 N–H and O–H groups in total. The van der Waals surface area contributed by atoms with Gasteiger partial charge in [-0.15, -0.1) is 0 Å². The minimum absolute atomic E-state index is 0.831. The Hall–Kier alpha value is -5.67. The number of pyridine rings is 1. The molecular weight excluding hydrogens is 512 g/mol. The summed E-state index contributed by atoms with van der Waals surface area (Å²) in [6.07, 6.45) is 3.67. The standard InChI is InChI=1S/C39H26N2O/c1-3-8-27(9-4-1)29-16-19-33(20-17-29)41(36-12-7-13-38-39(36)35-26-40-23-22-37(35)42-38)34-21-18-30-14-15-31(24-32(30)25-34)28-10-5-2-6-11-28/h1-26H. The van der Waals surface area contributed by atoms with Gasteiger partial charge in [0, 0.05) is 29.2 Å². The van der Waals surface area contributed by atoms with Crippen LogP contribution in [0.1, 0.15) is 0 Å². The molecule has 198 valence electrons. The summed E-state index contributed by atoms with van der Waals surface area (Å²) in [6, 6.07) is 51.4. The predicted octanol–water partition coefficient (Wildman–Crippen LogP) is 10.9. The van der Waals surface area contributed by atoms with Crippen molar-refractivity contribution in [3.8, 4) is 22.3 Å². The number of nitrogens with zero attached hydrogens (tertiary/aromatic N) is 2. The van der Waals surface area contributed by atoms with E-state index in [-0.39, 0.29) is 0 Å². The fourth-order valence-electron chi connectivity index (χ4n) is 5.88. The Morgan fingerprint density at radius 1 is 0.476 bits per heavy atom. The van der Waals surface area contributed by atoms with E-state index in [1.165, 1.54) is 33.0 Å². The molecule has 0 aliphatic heterocycles. The van der Waals surface area contributed by atoms with E-state index >= 15 is 0 Å². The molecular formula is C39H26N2O. The lowest BCUT2D eigenvalue weighted by Crippen LogP contribution is -2.10. The van der Waals surface area contributed by atoms with E-state index in [1.807, 2.05) is 24.4 Å². The number of hydrogen-bond acceptors (Lipinski definition) is 3. The Morgan fingerprint density at radius 3 is 1.93 bits per heavy atom. The van der Waals surface area contributed by atoms with Crippen LogP contribution in [0.25, 0.3) is 55.0 Å². The van der Waals surface area contributed by atoms with Crippen LogP contribution in [0.5, 0.6) is 0 Å². The van der Waals surface area contributed by atoms with Crippen molar-refractivity contribution in [2.45, 2.75) is 0 Å². The van der Waals surface area contributed by atoms with Crippen LogP contribution in [0, 0.1) is 0 Å². The number of aromatic nitrogens is 1. The van der Waals surface area contributed by atoms with Gasteiger partial charge in [0.05, 0.1) is 11.1 Å². The summed E-state index contributed by atoms with van der Waals surface area (Å²) in [4.78, 5) is 6.75. The lowest BCUT2D eigenvalue weighted by Gasteiger charge is -2.27. The molecule has 0 aliphatic rings. The fourth-order valence-corrected chi connectivity index (χ4v) is 5.88. The Morgan fingerprint density at radius 2 is 1.14 bits per heavy atom. The molecule has 2 heterocycles. The molecule has 0 atom stereocenters. The van der Waals surface area contributed by atoms with Crippen LogP contribution in [-0.4, -0.2) is 4.98 Å². The van der Waals surface area contributed by atoms with Gasteiger partial charge in [0.15, 0.2) is 0 Å². The SMILES string of the molecule is c1ccc(-c2ccc(N(c3ccc4ccc(-c5ccccc5)cc4c3)c3cccc4oc5ccncc5c34)cc2)cc1. The second kappa shape index (κ2) is 10.1.